The van der Waals surface area contributed by atoms with Crippen LogP contribution in [0.5, 0.6) is 0 Å². The van der Waals surface area contributed by atoms with Crippen LogP contribution in [0.3, 0.4) is 0 Å². The lowest BCUT2D eigenvalue weighted by Crippen LogP contribution is -2.00. The lowest BCUT2D eigenvalue weighted by Gasteiger charge is -2.09. The second-order valence-electron chi connectivity index (χ2n) is 12.8. The molecule has 4 nitrogen and oxygen atoms in total. The highest BCUT2D eigenvalue weighted by atomic mass is 32.1. The van der Waals surface area contributed by atoms with Gasteiger partial charge in [0.05, 0.1) is 11.0 Å². The molecule has 0 saturated carbocycles. The van der Waals surface area contributed by atoms with Gasteiger partial charge in [0.2, 0.25) is 0 Å². The Morgan fingerprint density at radius 3 is 1.61 bits per heavy atom. The van der Waals surface area contributed by atoms with Gasteiger partial charge in [-0.05, 0) is 42.5 Å². The highest BCUT2D eigenvalue weighted by molar-refractivity contribution is 7.27. The summed E-state index contributed by atoms with van der Waals surface area (Å²) in [6.07, 6.45) is 0. The van der Waals surface area contributed by atoms with Crippen LogP contribution in [0.15, 0.2) is 158 Å². The Morgan fingerprint density at radius 1 is 0.373 bits per heavy atom. The van der Waals surface area contributed by atoms with Gasteiger partial charge in [0.15, 0.2) is 17.5 Å². The number of thiophene rings is 2. The SMILES string of the molecule is c1ccc(-c2nc(-c3ccccc3)nc(-c3cccc4sc5cc6c(cc5c34)sc3cc(-n4c5ccccc5c5ccccc54)ccc36)n2)cc1. The first kappa shape index (κ1) is 28.6. The van der Waals surface area contributed by atoms with E-state index in [9.17, 15) is 0 Å². The Bertz CT molecular complexity index is 3030. The Kier molecular flexibility index (Phi) is 6.26. The molecule has 6 heteroatoms. The maximum absolute atomic E-state index is 5.09. The Hall–Kier alpha value is -6.21. The zero-order valence-corrected chi connectivity index (χ0v) is 28.7. The molecule has 0 unspecified atom stereocenters. The monoisotopic (exact) mass is 686 g/mol. The van der Waals surface area contributed by atoms with E-state index in [0.29, 0.717) is 17.5 Å². The second-order valence-corrected chi connectivity index (χ2v) is 15.0. The summed E-state index contributed by atoms with van der Waals surface area (Å²) in [7, 11) is 0. The van der Waals surface area contributed by atoms with E-state index in [2.05, 4.69) is 126 Å². The van der Waals surface area contributed by atoms with Gasteiger partial charge < -0.3 is 4.57 Å². The predicted octanol–water partition coefficient (Wildman–Crippen LogP) is 12.7. The maximum Gasteiger partial charge on any atom is 0.164 e. The Balaban J connectivity index is 1.11. The molecule has 4 heterocycles. The molecule has 11 rings (SSSR count). The molecule has 0 atom stereocenters. The molecule has 0 aliphatic carbocycles. The van der Waals surface area contributed by atoms with E-state index in [1.54, 1.807) is 0 Å². The summed E-state index contributed by atoms with van der Waals surface area (Å²) >= 11 is 3.69. The number of fused-ring (bicyclic) bond motifs is 9. The minimum absolute atomic E-state index is 0.668. The standard InChI is InChI=1S/C45H26N4S2/c1-3-12-27(13-4-1)43-46-44(28-14-5-2-6-15-28)48-45(47-43)33-18-11-21-38-42(33)35-26-40-34(25-41(35)50-38)32-23-22-29(24-39(32)51-40)49-36-19-9-7-16-30(36)31-17-8-10-20-37(31)49/h1-26H. The molecule has 7 aromatic carbocycles. The van der Waals surface area contributed by atoms with Gasteiger partial charge in [-0.25, -0.2) is 15.0 Å². The third-order valence-corrected chi connectivity index (χ3v) is 12.1. The van der Waals surface area contributed by atoms with E-state index in [1.807, 2.05) is 59.1 Å². The van der Waals surface area contributed by atoms with E-state index < -0.39 is 0 Å². The van der Waals surface area contributed by atoms with Crippen molar-refractivity contribution in [2.75, 3.05) is 0 Å². The van der Waals surface area contributed by atoms with Crippen molar-refractivity contribution in [2.24, 2.45) is 0 Å². The molecular formula is C45H26N4S2. The quantitative estimate of drug-likeness (QED) is 0.185. The molecule has 0 aliphatic rings. The fourth-order valence-electron chi connectivity index (χ4n) is 7.54. The zero-order chi connectivity index (χ0) is 33.5. The van der Waals surface area contributed by atoms with Gasteiger partial charge >= 0.3 is 0 Å². The number of hydrogen-bond acceptors (Lipinski definition) is 5. The van der Waals surface area contributed by atoms with Crippen molar-refractivity contribution in [2.45, 2.75) is 0 Å². The van der Waals surface area contributed by atoms with Gasteiger partial charge in [-0.2, -0.15) is 0 Å². The summed E-state index contributed by atoms with van der Waals surface area (Å²) in [6, 6.07) is 55.9. The van der Waals surface area contributed by atoms with Crippen molar-refractivity contribution >= 4 is 84.8 Å². The number of benzene rings is 7. The van der Waals surface area contributed by atoms with Crippen LogP contribution in [0.4, 0.5) is 0 Å². The van der Waals surface area contributed by atoms with Gasteiger partial charge in [-0.15, -0.1) is 22.7 Å². The molecule has 0 amide bonds. The second kappa shape index (κ2) is 11.2. The Labute approximate surface area is 300 Å². The lowest BCUT2D eigenvalue weighted by molar-refractivity contribution is 1.08. The molecular weight excluding hydrogens is 661 g/mol. The summed E-state index contributed by atoms with van der Waals surface area (Å²) in [4.78, 5) is 15.1. The maximum atomic E-state index is 5.09. The number of para-hydroxylation sites is 2. The average Bonchev–Trinajstić information content (AvgIpc) is 3.86. The number of nitrogens with zero attached hydrogens (tertiary/aromatic N) is 4. The normalized spacial score (nSPS) is 11.9. The molecule has 238 valence electrons. The predicted molar refractivity (Wildman–Crippen MR) is 216 cm³/mol. The van der Waals surface area contributed by atoms with Crippen LogP contribution in [0, 0.1) is 0 Å². The summed E-state index contributed by atoms with van der Waals surface area (Å²) in [5, 5.41) is 7.55. The first-order valence-corrected chi connectivity index (χ1v) is 18.6. The average molecular weight is 687 g/mol. The molecule has 0 aliphatic heterocycles. The zero-order valence-electron chi connectivity index (χ0n) is 27.1. The molecule has 4 aromatic heterocycles. The van der Waals surface area contributed by atoms with Crippen molar-refractivity contribution < 1.29 is 0 Å². The van der Waals surface area contributed by atoms with E-state index in [0.717, 1.165) is 16.7 Å². The summed E-state index contributed by atoms with van der Waals surface area (Å²) in [5.74, 6) is 2.02. The molecule has 51 heavy (non-hydrogen) atoms. The first-order valence-electron chi connectivity index (χ1n) is 16.9. The Morgan fingerprint density at radius 2 is 0.922 bits per heavy atom. The van der Waals surface area contributed by atoms with Crippen LogP contribution in [0.25, 0.3) is 102 Å². The highest BCUT2D eigenvalue weighted by Crippen LogP contribution is 2.45. The molecule has 11 aromatic rings. The van der Waals surface area contributed by atoms with Crippen LogP contribution in [0.2, 0.25) is 0 Å². The highest BCUT2D eigenvalue weighted by Gasteiger charge is 2.19. The van der Waals surface area contributed by atoms with Crippen molar-refractivity contribution in [3.63, 3.8) is 0 Å². The van der Waals surface area contributed by atoms with E-state index in [1.165, 1.54) is 67.8 Å². The molecule has 0 spiro atoms. The summed E-state index contributed by atoms with van der Waals surface area (Å²) < 4.78 is 7.44. The van der Waals surface area contributed by atoms with Gasteiger partial charge in [-0.3, -0.25) is 0 Å². The smallest absolute Gasteiger partial charge is 0.164 e. The van der Waals surface area contributed by atoms with Gasteiger partial charge in [0, 0.05) is 73.5 Å². The van der Waals surface area contributed by atoms with Gasteiger partial charge in [0.1, 0.15) is 0 Å². The topological polar surface area (TPSA) is 43.6 Å². The largest absolute Gasteiger partial charge is 0.309 e. The fourth-order valence-corrected chi connectivity index (χ4v) is 9.85. The van der Waals surface area contributed by atoms with Gasteiger partial charge in [-0.1, -0.05) is 115 Å². The van der Waals surface area contributed by atoms with Crippen molar-refractivity contribution in [3.8, 4) is 39.9 Å². The minimum atomic E-state index is 0.668. The lowest BCUT2D eigenvalue weighted by atomic mass is 10.0. The summed E-state index contributed by atoms with van der Waals surface area (Å²) in [5.41, 5.74) is 6.58. The van der Waals surface area contributed by atoms with Crippen LogP contribution in [-0.2, 0) is 0 Å². The number of hydrogen-bond donors (Lipinski definition) is 0. The van der Waals surface area contributed by atoms with Gasteiger partial charge in [0.25, 0.3) is 0 Å². The molecule has 0 N–H and O–H groups in total. The molecule has 0 saturated heterocycles. The van der Waals surface area contributed by atoms with Crippen LogP contribution >= 0.6 is 22.7 Å². The third-order valence-electron chi connectivity index (χ3n) is 9.85. The summed E-state index contributed by atoms with van der Waals surface area (Å²) in [6.45, 7) is 0. The van der Waals surface area contributed by atoms with E-state index in [-0.39, 0.29) is 0 Å². The number of aromatic nitrogens is 4. The van der Waals surface area contributed by atoms with Crippen LogP contribution in [-0.4, -0.2) is 19.5 Å². The third kappa shape index (κ3) is 4.47. The van der Waals surface area contributed by atoms with Crippen LogP contribution in [0.1, 0.15) is 0 Å². The number of rotatable bonds is 4. The first-order chi connectivity index (χ1) is 25.3. The van der Waals surface area contributed by atoms with E-state index >= 15 is 0 Å². The van der Waals surface area contributed by atoms with Crippen molar-refractivity contribution in [1.29, 1.82) is 0 Å². The molecule has 0 radical (unpaired) electrons. The fraction of sp³-hybridized carbons (Fsp3) is 0. The minimum Gasteiger partial charge on any atom is -0.309 e. The van der Waals surface area contributed by atoms with Crippen molar-refractivity contribution in [1.82, 2.24) is 19.5 Å². The molecule has 0 fully saturated rings. The molecule has 0 bridgehead atoms. The van der Waals surface area contributed by atoms with Crippen LogP contribution < -0.4 is 0 Å². The van der Waals surface area contributed by atoms with E-state index in [4.69, 9.17) is 15.0 Å². The van der Waals surface area contributed by atoms with Crippen molar-refractivity contribution in [3.05, 3.63) is 158 Å².